The molecule has 3 nitrogen and oxygen atoms in total. The van der Waals surface area contributed by atoms with Gasteiger partial charge in [0.1, 0.15) is 11.2 Å². The van der Waals surface area contributed by atoms with Gasteiger partial charge in [-0.05, 0) is 24.3 Å². The van der Waals surface area contributed by atoms with Crippen molar-refractivity contribution in [2.45, 2.75) is 11.8 Å². The van der Waals surface area contributed by atoms with Crippen LogP contribution in [0.2, 0.25) is 0 Å². The van der Waals surface area contributed by atoms with Crippen molar-refractivity contribution in [3.63, 3.8) is 0 Å². The first-order valence-electron chi connectivity index (χ1n) is 4.36. The van der Waals surface area contributed by atoms with E-state index in [0.29, 0.717) is 5.69 Å². The van der Waals surface area contributed by atoms with Crippen molar-refractivity contribution in [1.82, 2.24) is 0 Å². The van der Waals surface area contributed by atoms with Gasteiger partial charge in [0.25, 0.3) is 5.91 Å². The number of hydrogen-bond acceptors (Lipinski definition) is 2. The molecule has 0 saturated carbocycles. The smallest absolute Gasteiger partial charge is 0.252 e. The van der Waals surface area contributed by atoms with E-state index in [1.54, 1.807) is 0 Å². The van der Waals surface area contributed by atoms with E-state index in [1.807, 2.05) is 0 Å². The first-order chi connectivity index (χ1) is 7.09. The van der Waals surface area contributed by atoms with Crippen LogP contribution in [-0.2, 0) is 9.59 Å². The molecule has 1 aromatic rings. The molecule has 0 N–H and O–H groups in total. The van der Waals surface area contributed by atoms with Gasteiger partial charge >= 0.3 is 0 Å². The quantitative estimate of drug-likeness (QED) is 0.541. The number of halogens is 2. The molecule has 1 atom stereocenters. The fourth-order valence-electron chi connectivity index (χ4n) is 1.46. The van der Waals surface area contributed by atoms with Crippen molar-refractivity contribution in [3.05, 3.63) is 30.1 Å². The summed E-state index contributed by atoms with van der Waals surface area (Å²) >= 11 is 5.65. The molecule has 1 saturated heterocycles. The van der Waals surface area contributed by atoms with Crippen LogP contribution in [-0.4, -0.2) is 17.2 Å². The molecule has 0 aromatic heterocycles. The summed E-state index contributed by atoms with van der Waals surface area (Å²) in [5, 5.41) is -0.803. The van der Waals surface area contributed by atoms with Crippen LogP contribution in [0.15, 0.2) is 24.3 Å². The van der Waals surface area contributed by atoms with E-state index < -0.39 is 17.1 Å². The summed E-state index contributed by atoms with van der Waals surface area (Å²) in [5.41, 5.74) is 0.356. The molecule has 0 radical (unpaired) electrons. The number of carbonyl (C=O) groups excluding carboxylic acids is 2. The topological polar surface area (TPSA) is 37.4 Å². The third-order valence-corrected chi connectivity index (χ3v) is 2.52. The average Bonchev–Trinajstić information content (AvgIpc) is 2.44. The van der Waals surface area contributed by atoms with Crippen molar-refractivity contribution >= 4 is 29.1 Å². The summed E-state index contributed by atoms with van der Waals surface area (Å²) in [5.74, 6) is -1.22. The normalized spacial score (nSPS) is 21.2. The van der Waals surface area contributed by atoms with Crippen molar-refractivity contribution < 1.29 is 14.0 Å². The summed E-state index contributed by atoms with van der Waals surface area (Å²) in [6, 6.07) is 5.13. The van der Waals surface area contributed by atoms with Gasteiger partial charge in [-0.2, -0.15) is 0 Å². The van der Waals surface area contributed by atoms with Gasteiger partial charge in [-0.1, -0.05) is 0 Å². The molecular formula is C10H7ClFNO2. The number of nitrogens with zero attached hydrogens (tertiary/aromatic N) is 1. The molecule has 2 rings (SSSR count). The summed E-state index contributed by atoms with van der Waals surface area (Å²) < 4.78 is 12.6. The summed E-state index contributed by atoms with van der Waals surface area (Å²) in [7, 11) is 0. The van der Waals surface area contributed by atoms with Gasteiger partial charge in [0.15, 0.2) is 0 Å². The Balaban J connectivity index is 2.35. The summed E-state index contributed by atoms with van der Waals surface area (Å²) in [4.78, 5) is 23.9. The summed E-state index contributed by atoms with van der Waals surface area (Å²) in [6.45, 7) is 0. The zero-order valence-corrected chi connectivity index (χ0v) is 8.37. The van der Waals surface area contributed by atoms with E-state index in [4.69, 9.17) is 11.6 Å². The molecule has 1 aliphatic rings. The van der Waals surface area contributed by atoms with Crippen LogP contribution in [0.3, 0.4) is 0 Å². The minimum absolute atomic E-state index is 0.00222. The van der Waals surface area contributed by atoms with Crippen LogP contribution in [0.25, 0.3) is 0 Å². The molecule has 2 amide bonds. The minimum Gasteiger partial charge on any atom is -0.274 e. The van der Waals surface area contributed by atoms with Crippen molar-refractivity contribution in [1.29, 1.82) is 0 Å². The van der Waals surface area contributed by atoms with Gasteiger partial charge in [-0.3, -0.25) is 9.59 Å². The molecule has 1 aromatic carbocycles. The van der Waals surface area contributed by atoms with E-state index in [0.717, 1.165) is 4.90 Å². The number of carbonyl (C=O) groups is 2. The number of imide groups is 1. The van der Waals surface area contributed by atoms with Crippen molar-refractivity contribution in [3.8, 4) is 0 Å². The Labute approximate surface area is 90.4 Å². The molecule has 78 valence electrons. The Hall–Kier alpha value is -1.42. The predicted molar refractivity (Wildman–Crippen MR) is 53.2 cm³/mol. The van der Waals surface area contributed by atoms with Gasteiger partial charge in [-0.25, -0.2) is 9.29 Å². The Kier molecular flexibility index (Phi) is 2.44. The zero-order chi connectivity index (χ0) is 11.0. The Bertz CT molecular complexity index is 418. The van der Waals surface area contributed by atoms with E-state index in [2.05, 4.69) is 0 Å². The standard InChI is InChI=1S/C10H7ClFNO2/c11-8-5-9(14)13(10(8)15)7-3-1-6(12)2-4-7/h1-4,8H,5H2/t8-/m0/s1. The van der Waals surface area contributed by atoms with Crippen LogP contribution in [0.5, 0.6) is 0 Å². The highest BCUT2D eigenvalue weighted by atomic mass is 35.5. The van der Waals surface area contributed by atoms with Crippen LogP contribution >= 0.6 is 11.6 Å². The highest BCUT2D eigenvalue weighted by Gasteiger charge is 2.38. The number of rotatable bonds is 1. The van der Waals surface area contributed by atoms with Crippen LogP contribution < -0.4 is 4.90 Å². The molecular weight excluding hydrogens is 221 g/mol. The lowest BCUT2D eigenvalue weighted by Crippen LogP contribution is -2.30. The number of anilines is 1. The fourth-order valence-corrected chi connectivity index (χ4v) is 1.69. The van der Waals surface area contributed by atoms with Crippen LogP contribution in [0.4, 0.5) is 10.1 Å². The Morgan fingerprint density at radius 2 is 1.87 bits per heavy atom. The maximum absolute atomic E-state index is 12.6. The second-order valence-electron chi connectivity index (χ2n) is 3.22. The highest BCUT2D eigenvalue weighted by molar-refractivity contribution is 6.40. The maximum Gasteiger partial charge on any atom is 0.252 e. The van der Waals surface area contributed by atoms with Crippen molar-refractivity contribution in [2.75, 3.05) is 4.90 Å². The monoisotopic (exact) mass is 227 g/mol. The number of benzene rings is 1. The lowest BCUT2D eigenvalue weighted by atomic mass is 10.3. The van der Waals surface area contributed by atoms with Crippen LogP contribution in [0.1, 0.15) is 6.42 Å². The minimum atomic E-state index is -0.803. The van der Waals surface area contributed by atoms with Gasteiger partial charge in [0.05, 0.1) is 12.1 Å². The Morgan fingerprint density at radius 1 is 1.27 bits per heavy atom. The van der Waals surface area contributed by atoms with Gasteiger partial charge < -0.3 is 0 Å². The molecule has 0 aliphatic carbocycles. The molecule has 1 aliphatic heterocycles. The van der Waals surface area contributed by atoms with Crippen LogP contribution in [0, 0.1) is 5.82 Å². The SMILES string of the molecule is O=C1C[C@H](Cl)C(=O)N1c1ccc(F)cc1. The number of hydrogen-bond donors (Lipinski definition) is 0. The maximum atomic E-state index is 12.6. The second kappa shape index (κ2) is 3.62. The molecule has 0 bridgehead atoms. The van der Waals surface area contributed by atoms with Gasteiger partial charge in [0.2, 0.25) is 5.91 Å². The lowest BCUT2D eigenvalue weighted by Gasteiger charge is -2.13. The second-order valence-corrected chi connectivity index (χ2v) is 3.74. The lowest BCUT2D eigenvalue weighted by molar-refractivity contribution is -0.121. The third-order valence-electron chi connectivity index (χ3n) is 2.18. The first kappa shape index (κ1) is 10.1. The molecule has 15 heavy (non-hydrogen) atoms. The van der Waals surface area contributed by atoms with Crippen molar-refractivity contribution in [2.24, 2.45) is 0 Å². The molecule has 1 heterocycles. The molecule has 0 unspecified atom stereocenters. The molecule has 0 spiro atoms. The molecule has 5 heteroatoms. The van der Waals surface area contributed by atoms with E-state index in [1.165, 1.54) is 24.3 Å². The van der Waals surface area contributed by atoms with E-state index in [9.17, 15) is 14.0 Å². The largest absolute Gasteiger partial charge is 0.274 e. The fraction of sp³-hybridized carbons (Fsp3) is 0.200. The predicted octanol–water partition coefficient (Wildman–Crippen LogP) is 1.70. The average molecular weight is 228 g/mol. The van der Waals surface area contributed by atoms with Gasteiger partial charge in [-0.15, -0.1) is 11.6 Å². The number of amides is 2. The third kappa shape index (κ3) is 1.72. The zero-order valence-electron chi connectivity index (χ0n) is 7.61. The summed E-state index contributed by atoms with van der Waals surface area (Å²) in [6.07, 6.45) is -0.00222. The first-order valence-corrected chi connectivity index (χ1v) is 4.79. The van der Waals surface area contributed by atoms with Gasteiger partial charge in [0, 0.05) is 0 Å². The molecule has 1 fully saturated rings. The highest BCUT2D eigenvalue weighted by Crippen LogP contribution is 2.25. The van der Waals surface area contributed by atoms with E-state index >= 15 is 0 Å². The Morgan fingerprint density at radius 3 is 2.33 bits per heavy atom. The van der Waals surface area contributed by atoms with E-state index in [-0.39, 0.29) is 12.3 Å². The number of alkyl halides is 1.